The Morgan fingerprint density at radius 3 is 1.89 bits per heavy atom. The Morgan fingerprint density at radius 1 is 0.816 bits per heavy atom. The number of esters is 1. The van der Waals surface area contributed by atoms with Crippen LogP contribution in [0.25, 0.3) is 10.9 Å². The van der Waals surface area contributed by atoms with Crippen LogP contribution in [0.4, 0.5) is 0 Å². The summed E-state index contributed by atoms with van der Waals surface area (Å²) in [6, 6.07) is 35.7. The zero-order valence-corrected chi connectivity index (χ0v) is 22.5. The van der Waals surface area contributed by atoms with Crippen molar-refractivity contribution in [2.75, 3.05) is 6.61 Å². The molecule has 1 N–H and O–H groups in total. The van der Waals surface area contributed by atoms with Crippen LogP contribution in [-0.4, -0.2) is 23.3 Å². The van der Waals surface area contributed by atoms with Gasteiger partial charge in [0.1, 0.15) is 0 Å². The van der Waals surface area contributed by atoms with Crippen LogP contribution in [0.2, 0.25) is 0 Å². The molecule has 0 bridgehead atoms. The van der Waals surface area contributed by atoms with Crippen molar-refractivity contribution in [2.45, 2.75) is 18.9 Å². The number of benzene rings is 4. The molecule has 5 aromatic rings. The topological polar surface area (TPSA) is 63.7 Å². The first kappa shape index (κ1) is 25.5. The van der Waals surface area contributed by atoms with Crippen molar-refractivity contribution in [1.82, 2.24) is 4.98 Å². The first-order valence-corrected chi connectivity index (χ1v) is 13.3. The summed E-state index contributed by atoms with van der Waals surface area (Å²) >= 11 is 3.59. The molecule has 1 heterocycles. The van der Waals surface area contributed by atoms with Gasteiger partial charge >= 0.3 is 5.97 Å². The van der Waals surface area contributed by atoms with E-state index in [1.54, 1.807) is 6.92 Å². The second-order valence-corrected chi connectivity index (χ2v) is 9.64. The number of H-pyrrole nitrogens is 1. The molecule has 0 saturated heterocycles. The molecule has 0 aliphatic rings. The van der Waals surface area contributed by atoms with E-state index in [-0.39, 0.29) is 18.7 Å². The van der Waals surface area contributed by atoms with Gasteiger partial charge in [0.15, 0.2) is 5.71 Å². The number of nitrogens with one attached hydrogen (secondary N) is 1. The second kappa shape index (κ2) is 11.5. The summed E-state index contributed by atoms with van der Waals surface area (Å²) in [4.78, 5) is 23.0. The maximum absolute atomic E-state index is 13.1. The largest absolute Gasteiger partial charge is 0.461 e. The standard InChI is InChI=1S/C32H27BrN2O3/c1-2-37-31(36)29(21-23-22-34-30-27(23)19-12-20-28(30)33)35-38-32(24-13-6-3-7-14-24,25-15-8-4-9-16-25)26-17-10-5-11-18-26/h3-20,22,34H,2,21H2,1H3/b35-29+. The number of hydrogen-bond donors (Lipinski definition) is 1. The number of carbonyl (C=O) groups is 1. The van der Waals surface area contributed by atoms with Gasteiger partial charge in [0.05, 0.1) is 12.1 Å². The molecule has 0 radical (unpaired) electrons. The minimum Gasteiger partial charge on any atom is -0.461 e. The summed E-state index contributed by atoms with van der Waals surface area (Å²) in [6.07, 6.45) is 2.13. The Bertz CT molecular complexity index is 1450. The molecule has 0 aliphatic heterocycles. The molecule has 0 atom stereocenters. The van der Waals surface area contributed by atoms with Gasteiger partial charge in [-0.25, -0.2) is 4.79 Å². The predicted octanol–water partition coefficient (Wildman–Crippen LogP) is 7.40. The van der Waals surface area contributed by atoms with E-state index >= 15 is 0 Å². The first-order chi connectivity index (χ1) is 18.6. The fourth-order valence-corrected chi connectivity index (χ4v) is 5.14. The van der Waals surface area contributed by atoms with E-state index in [2.05, 4.69) is 26.1 Å². The third-order valence-corrected chi connectivity index (χ3v) is 7.11. The number of aromatic amines is 1. The van der Waals surface area contributed by atoms with Gasteiger partial charge in [-0.05, 0) is 34.5 Å². The van der Waals surface area contributed by atoms with Crippen LogP contribution < -0.4 is 0 Å². The van der Waals surface area contributed by atoms with E-state index in [4.69, 9.17) is 9.57 Å². The van der Waals surface area contributed by atoms with Crippen molar-refractivity contribution < 1.29 is 14.4 Å². The minimum absolute atomic E-state index is 0.180. The second-order valence-electron chi connectivity index (χ2n) is 8.78. The minimum atomic E-state index is -1.09. The van der Waals surface area contributed by atoms with Crippen molar-refractivity contribution in [2.24, 2.45) is 5.16 Å². The van der Waals surface area contributed by atoms with Gasteiger partial charge < -0.3 is 14.6 Å². The number of rotatable bonds is 9. The van der Waals surface area contributed by atoms with Crippen molar-refractivity contribution in [3.63, 3.8) is 0 Å². The Kier molecular flexibility index (Phi) is 7.70. The molecule has 5 nitrogen and oxygen atoms in total. The zero-order chi connectivity index (χ0) is 26.4. The molecule has 190 valence electrons. The molecule has 38 heavy (non-hydrogen) atoms. The Hall–Kier alpha value is -4.16. The average molecular weight is 567 g/mol. The van der Waals surface area contributed by atoms with Crippen LogP contribution in [0.1, 0.15) is 29.2 Å². The summed E-state index contributed by atoms with van der Waals surface area (Å²) in [5, 5.41) is 5.56. The van der Waals surface area contributed by atoms with E-state index < -0.39 is 11.6 Å². The zero-order valence-electron chi connectivity index (χ0n) is 20.9. The maximum atomic E-state index is 13.1. The number of fused-ring (bicyclic) bond motifs is 1. The number of aromatic nitrogens is 1. The maximum Gasteiger partial charge on any atom is 0.356 e. The highest BCUT2D eigenvalue weighted by atomic mass is 79.9. The Balaban J connectivity index is 1.65. The number of carbonyl (C=O) groups excluding carboxylic acids is 1. The van der Waals surface area contributed by atoms with E-state index in [9.17, 15) is 4.79 Å². The third-order valence-electron chi connectivity index (χ3n) is 6.45. The SMILES string of the molecule is CCOC(=O)/C(Cc1c[nH]c2c(Br)cccc12)=N/OC(c1ccccc1)(c1ccccc1)c1ccccc1. The molecule has 5 rings (SSSR count). The Morgan fingerprint density at radius 2 is 1.37 bits per heavy atom. The van der Waals surface area contributed by atoms with Crippen LogP contribution in [0.3, 0.4) is 0 Å². The van der Waals surface area contributed by atoms with Crippen LogP contribution in [0, 0.1) is 0 Å². The van der Waals surface area contributed by atoms with E-state index in [0.29, 0.717) is 0 Å². The molecule has 0 spiro atoms. The molecule has 0 saturated carbocycles. The number of halogens is 1. The van der Waals surface area contributed by atoms with Crippen LogP contribution in [-0.2, 0) is 26.4 Å². The lowest BCUT2D eigenvalue weighted by Gasteiger charge is -2.33. The van der Waals surface area contributed by atoms with E-state index in [1.807, 2.05) is 115 Å². The van der Waals surface area contributed by atoms with Gasteiger partial charge in [-0.15, -0.1) is 0 Å². The molecule has 1 aromatic heterocycles. The molecular weight excluding hydrogens is 540 g/mol. The number of oxime groups is 1. The summed E-state index contributed by atoms with van der Waals surface area (Å²) in [5.41, 5.74) is 3.63. The van der Waals surface area contributed by atoms with Crippen LogP contribution >= 0.6 is 15.9 Å². The molecule has 6 heteroatoms. The lowest BCUT2D eigenvalue weighted by molar-refractivity contribution is -0.135. The normalized spacial score (nSPS) is 11.9. The van der Waals surface area contributed by atoms with Crippen molar-refractivity contribution >= 4 is 38.5 Å². The smallest absolute Gasteiger partial charge is 0.356 e. The summed E-state index contributed by atoms with van der Waals surface area (Å²) in [6.45, 7) is 2.01. The van der Waals surface area contributed by atoms with Crippen LogP contribution in [0.15, 0.2) is 125 Å². The van der Waals surface area contributed by atoms with Gasteiger partial charge in [-0.1, -0.05) is 108 Å². The number of nitrogens with zero attached hydrogens (tertiary/aromatic N) is 1. The van der Waals surface area contributed by atoms with Crippen molar-refractivity contribution in [1.29, 1.82) is 0 Å². The van der Waals surface area contributed by atoms with Gasteiger partial charge in [0, 0.05) is 39.2 Å². The van der Waals surface area contributed by atoms with Crippen molar-refractivity contribution in [3.8, 4) is 0 Å². The van der Waals surface area contributed by atoms with E-state index in [1.165, 1.54) is 0 Å². The summed E-state index contributed by atoms with van der Waals surface area (Å²) in [7, 11) is 0. The number of para-hydroxylation sites is 1. The fraction of sp³-hybridized carbons (Fsp3) is 0.125. The lowest BCUT2D eigenvalue weighted by Crippen LogP contribution is -2.32. The predicted molar refractivity (Wildman–Crippen MR) is 154 cm³/mol. The van der Waals surface area contributed by atoms with Gasteiger partial charge in [-0.3, -0.25) is 0 Å². The lowest BCUT2D eigenvalue weighted by atomic mass is 9.80. The average Bonchev–Trinajstić information content (AvgIpc) is 3.38. The highest BCUT2D eigenvalue weighted by Gasteiger charge is 2.40. The molecule has 0 aliphatic carbocycles. The van der Waals surface area contributed by atoms with Crippen molar-refractivity contribution in [3.05, 3.63) is 142 Å². The van der Waals surface area contributed by atoms with E-state index in [0.717, 1.165) is 37.6 Å². The number of ether oxygens (including phenoxy) is 1. The Labute approximate surface area is 230 Å². The molecule has 0 unspecified atom stereocenters. The third kappa shape index (κ3) is 5.00. The van der Waals surface area contributed by atoms with Crippen LogP contribution in [0.5, 0.6) is 0 Å². The molecule has 0 fully saturated rings. The summed E-state index contributed by atoms with van der Waals surface area (Å²) < 4.78 is 6.35. The summed E-state index contributed by atoms with van der Waals surface area (Å²) in [5.74, 6) is -0.514. The molecular formula is C32H27BrN2O3. The van der Waals surface area contributed by atoms with Gasteiger partial charge in [0.25, 0.3) is 0 Å². The first-order valence-electron chi connectivity index (χ1n) is 12.5. The van der Waals surface area contributed by atoms with Gasteiger partial charge in [-0.2, -0.15) is 0 Å². The highest BCUT2D eigenvalue weighted by Crippen LogP contribution is 2.40. The molecule has 4 aromatic carbocycles. The monoisotopic (exact) mass is 566 g/mol. The number of hydrogen-bond acceptors (Lipinski definition) is 4. The fourth-order valence-electron chi connectivity index (χ4n) is 4.66. The molecule has 0 amide bonds. The quantitative estimate of drug-likeness (QED) is 0.0874. The highest BCUT2D eigenvalue weighted by molar-refractivity contribution is 9.10. The van der Waals surface area contributed by atoms with Gasteiger partial charge in [0.2, 0.25) is 5.60 Å².